The van der Waals surface area contributed by atoms with Crippen molar-refractivity contribution < 1.29 is 15.0 Å². The van der Waals surface area contributed by atoms with E-state index < -0.39 is 12.2 Å². The smallest absolute Gasteiger partial charge is 0.352 e. The lowest BCUT2D eigenvalue weighted by Crippen LogP contribution is -2.38. The van der Waals surface area contributed by atoms with Crippen LogP contribution in [0.15, 0.2) is 47.8 Å². The number of hydrogen-bond acceptors (Lipinski definition) is 4. The fourth-order valence-corrected chi connectivity index (χ4v) is 3.62. The first-order valence-electron chi connectivity index (χ1n) is 7.41. The summed E-state index contributed by atoms with van der Waals surface area (Å²) >= 11 is 1.50. The van der Waals surface area contributed by atoms with Crippen molar-refractivity contribution in [2.24, 2.45) is 0 Å². The van der Waals surface area contributed by atoms with Gasteiger partial charge in [-0.3, -0.25) is 0 Å². The van der Waals surface area contributed by atoms with Crippen molar-refractivity contribution >= 4 is 33.2 Å². The van der Waals surface area contributed by atoms with E-state index >= 15 is 0 Å². The first-order valence-corrected chi connectivity index (χ1v) is 8.29. The zero-order chi connectivity index (χ0) is 16.4. The quantitative estimate of drug-likeness (QED) is 0.681. The van der Waals surface area contributed by atoms with Crippen molar-refractivity contribution in [2.75, 3.05) is 11.4 Å². The van der Waals surface area contributed by atoms with Gasteiger partial charge >= 0.3 is 5.97 Å². The lowest BCUT2D eigenvalue weighted by atomic mass is 10.2. The minimum Gasteiger partial charge on any atom is -0.477 e. The van der Waals surface area contributed by atoms with Gasteiger partial charge in [-0.05, 0) is 36.6 Å². The maximum Gasteiger partial charge on any atom is 0.352 e. The number of thiophene rings is 1. The first kappa shape index (κ1) is 15.6. The number of para-hydroxylation sites is 1. The van der Waals surface area contributed by atoms with Gasteiger partial charge in [-0.15, -0.1) is 11.3 Å². The number of carbonyl (C=O) groups is 1. The van der Waals surface area contributed by atoms with E-state index in [4.69, 9.17) is 0 Å². The standard InChI is InChI=1S/C17H18N2O3S/c1-2-18(12-6-4-3-5-7-12)16(20)11-19-13-8-9-23-15(13)10-14(19)17(21)22/h3-10,16,20H,2,11H2,1H3,(H,21,22). The van der Waals surface area contributed by atoms with Crippen molar-refractivity contribution in [2.45, 2.75) is 19.7 Å². The van der Waals surface area contributed by atoms with Crippen LogP contribution in [0.25, 0.3) is 10.2 Å². The number of nitrogens with zero attached hydrogens (tertiary/aromatic N) is 2. The molecule has 2 N–H and O–H groups in total. The molecule has 0 aliphatic heterocycles. The van der Waals surface area contributed by atoms with E-state index in [2.05, 4.69) is 0 Å². The number of rotatable bonds is 6. The van der Waals surface area contributed by atoms with Gasteiger partial charge in [0.05, 0.1) is 16.8 Å². The summed E-state index contributed by atoms with van der Waals surface area (Å²) in [6.45, 7) is 2.79. The zero-order valence-electron chi connectivity index (χ0n) is 12.7. The third-order valence-corrected chi connectivity index (χ3v) is 4.73. The molecule has 0 spiro atoms. The summed E-state index contributed by atoms with van der Waals surface area (Å²) in [5, 5.41) is 22.0. The monoisotopic (exact) mass is 330 g/mol. The number of likely N-dealkylation sites (N-methyl/N-ethyl adjacent to an activating group) is 1. The molecule has 0 saturated carbocycles. The van der Waals surface area contributed by atoms with E-state index in [1.807, 2.05) is 53.6 Å². The molecule has 2 heterocycles. The van der Waals surface area contributed by atoms with Gasteiger partial charge in [-0.2, -0.15) is 0 Å². The van der Waals surface area contributed by atoms with Crippen LogP contribution in [0.4, 0.5) is 5.69 Å². The summed E-state index contributed by atoms with van der Waals surface area (Å²) in [5.74, 6) is -0.983. The van der Waals surface area contributed by atoms with Crippen molar-refractivity contribution in [3.8, 4) is 0 Å². The molecule has 1 atom stereocenters. The van der Waals surface area contributed by atoms with E-state index in [0.29, 0.717) is 6.54 Å². The Kier molecular flexibility index (Phi) is 4.36. The van der Waals surface area contributed by atoms with Crippen LogP contribution in [0.2, 0.25) is 0 Å². The predicted molar refractivity (Wildman–Crippen MR) is 92.2 cm³/mol. The number of fused-ring (bicyclic) bond motifs is 1. The number of aliphatic hydroxyl groups is 1. The molecule has 3 aromatic rings. The molecule has 23 heavy (non-hydrogen) atoms. The Morgan fingerprint density at radius 3 is 2.70 bits per heavy atom. The van der Waals surface area contributed by atoms with Crippen LogP contribution >= 0.6 is 11.3 Å². The Balaban J connectivity index is 1.93. The molecular formula is C17H18N2O3S. The molecule has 2 aromatic heterocycles. The van der Waals surface area contributed by atoms with Gasteiger partial charge in [0.1, 0.15) is 11.9 Å². The summed E-state index contributed by atoms with van der Waals surface area (Å²) in [6.07, 6.45) is -0.809. The third-order valence-electron chi connectivity index (χ3n) is 3.88. The van der Waals surface area contributed by atoms with E-state index in [1.54, 1.807) is 10.6 Å². The summed E-state index contributed by atoms with van der Waals surface area (Å²) in [6, 6.07) is 13.2. The number of aromatic carboxylic acids is 1. The fraction of sp³-hybridized carbons (Fsp3) is 0.235. The van der Waals surface area contributed by atoms with Crippen LogP contribution < -0.4 is 4.90 Å². The van der Waals surface area contributed by atoms with Crippen LogP contribution in [-0.4, -0.2) is 33.5 Å². The molecule has 6 heteroatoms. The Morgan fingerprint density at radius 1 is 1.30 bits per heavy atom. The number of carboxylic acids is 1. The average molecular weight is 330 g/mol. The van der Waals surface area contributed by atoms with Crippen molar-refractivity contribution in [3.63, 3.8) is 0 Å². The Morgan fingerprint density at radius 2 is 2.04 bits per heavy atom. The van der Waals surface area contributed by atoms with Crippen molar-refractivity contribution in [3.05, 3.63) is 53.5 Å². The summed E-state index contributed by atoms with van der Waals surface area (Å²) in [4.78, 5) is 13.3. The molecular weight excluding hydrogens is 312 g/mol. The first-order chi connectivity index (χ1) is 11.1. The second-order valence-electron chi connectivity index (χ2n) is 5.22. The molecule has 0 amide bonds. The highest BCUT2D eigenvalue weighted by molar-refractivity contribution is 7.17. The van der Waals surface area contributed by atoms with Crippen LogP contribution in [0.5, 0.6) is 0 Å². The summed E-state index contributed by atoms with van der Waals surface area (Å²) in [5.41, 5.74) is 1.96. The number of anilines is 1. The number of carboxylic acid groups (broad SMARTS) is 1. The minimum absolute atomic E-state index is 0.199. The number of hydrogen-bond donors (Lipinski definition) is 2. The number of aliphatic hydroxyl groups excluding tert-OH is 1. The third kappa shape index (κ3) is 2.95. The highest BCUT2D eigenvalue weighted by Gasteiger charge is 2.21. The SMILES string of the molecule is CCN(c1ccccc1)C(O)Cn1c(C(=O)O)cc2sccc21. The van der Waals surface area contributed by atoms with Crippen LogP contribution in [-0.2, 0) is 6.54 Å². The van der Waals surface area contributed by atoms with Gasteiger partial charge in [0.2, 0.25) is 0 Å². The van der Waals surface area contributed by atoms with Crippen molar-refractivity contribution in [1.82, 2.24) is 4.57 Å². The molecule has 3 rings (SSSR count). The van der Waals surface area contributed by atoms with Gasteiger partial charge in [-0.1, -0.05) is 18.2 Å². The average Bonchev–Trinajstić information content (AvgIpc) is 3.12. The van der Waals surface area contributed by atoms with Crippen LogP contribution in [0.1, 0.15) is 17.4 Å². The number of benzene rings is 1. The Bertz CT molecular complexity index is 810. The molecule has 0 saturated heterocycles. The van der Waals surface area contributed by atoms with E-state index in [1.165, 1.54) is 11.3 Å². The lowest BCUT2D eigenvalue weighted by molar-refractivity contribution is 0.0680. The molecule has 0 bridgehead atoms. The second-order valence-corrected chi connectivity index (χ2v) is 6.17. The van der Waals surface area contributed by atoms with Gasteiger partial charge < -0.3 is 19.7 Å². The van der Waals surface area contributed by atoms with Gasteiger partial charge in [0.25, 0.3) is 0 Å². The highest BCUT2D eigenvalue weighted by atomic mass is 32.1. The van der Waals surface area contributed by atoms with Crippen molar-refractivity contribution in [1.29, 1.82) is 0 Å². The molecule has 0 aliphatic rings. The molecule has 120 valence electrons. The van der Waals surface area contributed by atoms with E-state index in [0.717, 1.165) is 15.9 Å². The molecule has 5 nitrogen and oxygen atoms in total. The van der Waals surface area contributed by atoms with E-state index in [9.17, 15) is 15.0 Å². The summed E-state index contributed by atoms with van der Waals surface area (Å²) < 4.78 is 2.59. The molecule has 1 unspecified atom stereocenters. The molecule has 1 aromatic carbocycles. The maximum atomic E-state index is 11.5. The fourth-order valence-electron chi connectivity index (χ4n) is 2.80. The van der Waals surface area contributed by atoms with Gasteiger partial charge in [0, 0.05) is 12.2 Å². The number of aromatic nitrogens is 1. The van der Waals surface area contributed by atoms with Crippen LogP contribution in [0, 0.1) is 0 Å². The van der Waals surface area contributed by atoms with Gasteiger partial charge in [0.15, 0.2) is 0 Å². The Labute approximate surface area is 138 Å². The normalized spacial score (nSPS) is 12.4. The highest BCUT2D eigenvalue weighted by Crippen LogP contribution is 2.26. The minimum atomic E-state index is -0.983. The Hall–Kier alpha value is -2.31. The second kappa shape index (κ2) is 6.44. The predicted octanol–water partition coefficient (Wildman–Crippen LogP) is 3.25. The molecule has 0 fully saturated rings. The molecule has 0 radical (unpaired) electrons. The lowest BCUT2D eigenvalue weighted by Gasteiger charge is -2.29. The zero-order valence-corrected chi connectivity index (χ0v) is 13.5. The topological polar surface area (TPSA) is 65.7 Å². The summed E-state index contributed by atoms with van der Waals surface area (Å²) in [7, 11) is 0. The molecule has 0 aliphatic carbocycles. The maximum absolute atomic E-state index is 11.5. The van der Waals surface area contributed by atoms with E-state index in [-0.39, 0.29) is 12.2 Å². The largest absolute Gasteiger partial charge is 0.477 e. The van der Waals surface area contributed by atoms with Gasteiger partial charge in [-0.25, -0.2) is 4.79 Å². The van der Waals surface area contributed by atoms with Crippen LogP contribution in [0.3, 0.4) is 0 Å².